The van der Waals surface area contributed by atoms with Crippen LogP contribution in [-0.2, 0) is 23.9 Å². The van der Waals surface area contributed by atoms with Crippen LogP contribution >= 0.6 is 15.9 Å². The number of likely N-dealkylation sites (tertiary alicyclic amines) is 1. The van der Waals surface area contributed by atoms with Crippen LogP contribution in [-0.4, -0.2) is 76.2 Å². The third kappa shape index (κ3) is 5.60. The summed E-state index contributed by atoms with van der Waals surface area (Å²) in [5.74, 6) is -2.93. The summed E-state index contributed by atoms with van der Waals surface area (Å²) in [5.41, 5.74) is 1.40. The second-order valence-electron chi connectivity index (χ2n) is 12.0. The maximum atomic E-state index is 14.9. The van der Waals surface area contributed by atoms with E-state index in [1.807, 2.05) is 52.0 Å². The number of fused-ring (bicyclic) bond motifs is 1. The average molecular weight is 646 g/mol. The van der Waals surface area contributed by atoms with E-state index < -0.39 is 41.6 Å². The molecule has 3 fully saturated rings. The highest BCUT2D eigenvalue weighted by Crippen LogP contribution is 2.61. The van der Waals surface area contributed by atoms with E-state index in [1.165, 1.54) is 0 Å². The van der Waals surface area contributed by atoms with Crippen LogP contribution < -0.4 is 4.90 Å². The summed E-state index contributed by atoms with van der Waals surface area (Å²) in [6.07, 6.45) is 6.36. The zero-order chi connectivity index (χ0) is 30.8. The number of benzene rings is 1. The molecule has 1 N–H and O–H groups in total. The van der Waals surface area contributed by atoms with E-state index in [0.717, 1.165) is 29.7 Å². The van der Waals surface area contributed by atoms with E-state index in [9.17, 15) is 19.5 Å². The number of nitrogens with zero attached hydrogens (tertiary/aromatic N) is 2. The Morgan fingerprint density at radius 3 is 2.67 bits per heavy atom. The molecular weight excluding hydrogens is 600 g/mol. The number of halogens is 1. The molecule has 1 aromatic carbocycles. The second-order valence-corrected chi connectivity index (χ2v) is 13.2. The number of aryl methyl sites for hydroxylation is 2. The smallest absolute Gasteiger partial charge is 0.312 e. The number of aliphatic hydroxyl groups excluding tert-OH is 1. The molecule has 0 aromatic heterocycles. The van der Waals surface area contributed by atoms with E-state index in [0.29, 0.717) is 19.3 Å². The van der Waals surface area contributed by atoms with Gasteiger partial charge in [-0.25, -0.2) is 0 Å². The van der Waals surface area contributed by atoms with Crippen molar-refractivity contribution in [1.82, 2.24) is 4.90 Å². The molecule has 3 aliphatic rings. The molecule has 4 rings (SSSR count). The van der Waals surface area contributed by atoms with Gasteiger partial charge in [-0.3, -0.25) is 14.4 Å². The molecular formula is C33H45BrN2O6. The summed E-state index contributed by atoms with van der Waals surface area (Å²) in [6.45, 7) is 15.7. The van der Waals surface area contributed by atoms with Gasteiger partial charge < -0.3 is 24.4 Å². The highest BCUT2D eigenvalue weighted by Gasteiger charge is 2.77. The van der Waals surface area contributed by atoms with Gasteiger partial charge in [0.1, 0.15) is 11.6 Å². The quantitative estimate of drug-likeness (QED) is 0.134. The molecule has 8 nitrogen and oxygen atoms in total. The van der Waals surface area contributed by atoms with Gasteiger partial charge in [0.05, 0.1) is 37.2 Å². The van der Waals surface area contributed by atoms with Gasteiger partial charge in [-0.15, -0.1) is 13.2 Å². The zero-order valence-corrected chi connectivity index (χ0v) is 26.8. The summed E-state index contributed by atoms with van der Waals surface area (Å²) in [6, 6.07) is 4.27. The number of ether oxygens (including phenoxy) is 2. The molecule has 230 valence electrons. The molecule has 1 spiro atoms. The van der Waals surface area contributed by atoms with Crippen LogP contribution in [0.1, 0.15) is 57.1 Å². The summed E-state index contributed by atoms with van der Waals surface area (Å²) in [7, 11) is 0. The van der Waals surface area contributed by atoms with Crippen LogP contribution in [0, 0.1) is 31.6 Å². The summed E-state index contributed by atoms with van der Waals surface area (Å²) in [5, 5.41) is 10.6. The number of carbonyl (C=O) groups excluding carboxylic acids is 3. The van der Waals surface area contributed by atoms with Crippen molar-refractivity contribution >= 4 is 39.4 Å². The summed E-state index contributed by atoms with van der Waals surface area (Å²) < 4.78 is 12.4. The van der Waals surface area contributed by atoms with Crippen LogP contribution in [0.25, 0.3) is 0 Å². The van der Waals surface area contributed by atoms with Crippen molar-refractivity contribution in [3.8, 4) is 0 Å². The molecule has 3 saturated heterocycles. The summed E-state index contributed by atoms with van der Waals surface area (Å²) >= 11 is 3.72. The Bertz CT molecular complexity index is 1200. The molecule has 8 atom stereocenters. The van der Waals surface area contributed by atoms with E-state index in [4.69, 9.17) is 9.47 Å². The third-order valence-corrected chi connectivity index (χ3v) is 10.2. The highest BCUT2D eigenvalue weighted by atomic mass is 79.9. The average Bonchev–Trinajstić information content (AvgIpc) is 3.56. The van der Waals surface area contributed by atoms with Crippen molar-refractivity contribution in [2.75, 3.05) is 24.7 Å². The lowest BCUT2D eigenvalue weighted by atomic mass is 9.70. The third-order valence-electron chi connectivity index (χ3n) is 9.36. The van der Waals surface area contributed by atoms with Gasteiger partial charge in [-0.2, -0.15) is 0 Å². The number of hydrogen-bond acceptors (Lipinski definition) is 6. The van der Waals surface area contributed by atoms with Crippen molar-refractivity contribution in [3.05, 3.63) is 54.6 Å². The molecule has 3 heterocycles. The van der Waals surface area contributed by atoms with E-state index in [1.54, 1.807) is 15.9 Å². The fraction of sp³-hybridized carbons (Fsp3) is 0.606. The van der Waals surface area contributed by atoms with Gasteiger partial charge >= 0.3 is 5.97 Å². The second kappa shape index (κ2) is 13.4. The number of allylic oxidation sites excluding steroid dienone is 1. The zero-order valence-electron chi connectivity index (χ0n) is 25.3. The number of esters is 1. The van der Waals surface area contributed by atoms with E-state index >= 15 is 0 Å². The van der Waals surface area contributed by atoms with Crippen LogP contribution in [0.4, 0.5) is 5.69 Å². The fourth-order valence-corrected chi connectivity index (χ4v) is 7.98. The Morgan fingerprint density at radius 1 is 1.29 bits per heavy atom. The molecule has 2 amide bonds. The number of amides is 2. The largest absolute Gasteiger partial charge is 0.465 e. The number of alkyl halides is 1. The van der Waals surface area contributed by atoms with E-state index in [-0.39, 0.29) is 42.3 Å². The van der Waals surface area contributed by atoms with Crippen LogP contribution in [0.15, 0.2) is 43.5 Å². The molecule has 1 aromatic rings. The van der Waals surface area contributed by atoms with Crippen molar-refractivity contribution in [1.29, 1.82) is 0 Å². The van der Waals surface area contributed by atoms with Crippen LogP contribution in [0.3, 0.4) is 0 Å². The molecule has 42 heavy (non-hydrogen) atoms. The lowest BCUT2D eigenvalue weighted by Gasteiger charge is -2.41. The fourth-order valence-electron chi connectivity index (χ4n) is 7.04. The first-order valence-corrected chi connectivity index (χ1v) is 16.0. The van der Waals surface area contributed by atoms with Gasteiger partial charge in [0, 0.05) is 17.1 Å². The predicted octanol–water partition coefficient (Wildman–Crippen LogP) is 4.88. The minimum atomic E-state index is -1.24. The van der Waals surface area contributed by atoms with E-state index in [2.05, 4.69) is 29.1 Å². The number of unbranched alkanes of at least 4 members (excludes halogenated alkanes) is 2. The minimum absolute atomic E-state index is 0.0923. The first-order valence-electron chi connectivity index (χ1n) is 15.1. The van der Waals surface area contributed by atoms with Crippen LogP contribution in [0.5, 0.6) is 0 Å². The lowest BCUT2D eigenvalue weighted by Crippen LogP contribution is -2.60. The maximum absolute atomic E-state index is 14.9. The molecule has 2 bridgehead atoms. The van der Waals surface area contributed by atoms with Crippen molar-refractivity contribution < 1.29 is 29.0 Å². The van der Waals surface area contributed by atoms with Crippen molar-refractivity contribution in [2.45, 2.75) is 88.4 Å². The Kier molecular flexibility index (Phi) is 10.4. The molecule has 9 heteroatoms. The Labute approximate surface area is 258 Å². The van der Waals surface area contributed by atoms with Crippen molar-refractivity contribution in [2.24, 2.45) is 17.8 Å². The Hall–Kier alpha value is -2.49. The Balaban J connectivity index is 1.79. The number of hydrogen-bond donors (Lipinski definition) is 1. The number of rotatable bonds is 14. The normalized spacial score (nSPS) is 29.2. The standard InChI is InChI=1S/C33H45BrN2O6/c1-7-10-11-12-16-41-32(40)26-27-30(38)36(25(19-37)21(5)9-3)29(33(27)18-23(34)28(26)42-33)31(39)35(15-8-2)24-17-20(4)13-14-22(24)6/h7-8,13-14,17,21,23,25-29,37H,1-2,9-12,15-16,18-19H2,3-6H3/t21-,23?,25-,26+,27-,28+,29?,33?/m0/s1. The van der Waals surface area contributed by atoms with Gasteiger partial charge in [0.2, 0.25) is 5.91 Å². The van der Waals surface area contributed by atoms with Gasteiger partial charge in [-0.1, -0.05) is 60.5 Å². The number of anilines is 1. The molecule has 0 aliphatic carbocycles. The highest BCUT2D eigenvalue weighted by molar-refractivity contribution is 9.09. The Morgan fingerprint density at radius 2 is 2.02 bits per heavy atom. The predicted molar refractivity (Wildman–Crippen MR) is 166 cm³/mol. The number of carbonyl (C=O) groups is 3. The van der Waals surface area contributed by atoms with Gasteiger partial charge in [0.15, 0.2) is 0 Å². The monoisotopic (exact) mass is 644 g/mol. The first kappa shape index (κ1) is 32.4. The SMILES string of the molecule is C=CCCCCOC(=O)[C@H]1[C@@H]2OC3(CC2Br)C(C(=O)N(CC=C)c2cc(C)ccc2C)N([C@@H](CO)[C@@H](C)CC)C(=O)[C@H]13. The van der Waals surface area contributed by atoms with Gasteiger partial charge in [-0.05, 0) is 62.6 Å². The molecule has 3 unspecified atom stereocenters. The topological polar surface area (TPSA) is 96.4 Å². The molecule has 3 aliphatic heterocycles. The lowest BCUT2D eigenvalue weighted by molar-refractivity contribution is -0.156. The first-order chi connectivity index (χ1) is 20.1. The van der Waals surface area contributed by atoms with Gasteiger partial charge in [0.25, 0.3) is 5.91 Å². The minimum Gasteiger partial charge on any atom is -0.465 e. The number of aliphatic hydroxyl groups is 1. The summed E-state index contributed by atoms with van der Waals surface area (Å²) in [4.78, 5) is 45.9. The van der Waals surface area contributed by atoms with Crippen LogP contribution in [0.2, 0.25) is 0 Å². The molecule has 0 saturated carbocycles. The molecule has 0 radical (unpaired) electrons. The van der Waals surface area contributed by atoms with Crippen molar-refractivity contribution in [3.63, 3.8) is 0 Å². The maximum Gasteiger partial charge on any atom is 0.312 e.